The molecule has 0 spiro atoms. The quantitative estimate of drug-likeness (QED) is 0.832. The van der Waals surface area contributed by atoms with Crippen molar-refractivity contribution in [3.05, 3.63) is 28.6 Å². The highest BCUT2D eigenvalue weighted by molar-refractivity contribution is 5.25. The van der Waals surface area contributed by atoms with Gasteiger partial charge in [-0.3, -0.25) is 4.68 Å². The third-order valence-corrected chi connectivity index (χ3v) is 4.08. The van der Waals surface area contributed by atoms with Crippen molar-refractivity contribution < 1.29 is 5.11 Å². The van der Waals surface area contributed by atoms with Gasteiger partial charge in [-0.25, -0.2) is 0 Å². The van der Waals surface area contributed by atoms with Crippen molar-refractivity contribution in [2.24, 2.45) is 7.05 Å². The fourth-order valence-corrected chi connectivity index (χ4v) is 2.81. The van der Waals surface area contributed by atoms with Crippen LogP contribution in [0.4, 0.5) is 0 Å². The SMILES string of the molecule is Cc1nn(C)c(C)c1CCC(O)C1=CCCCC1. The van der Waals surface area contributed by atoms with Crippen LogP contribution in [0.2, 0.25) is 0 Å². The standard InChI is InChI=1S/C15H24N2O/c1-11-14(12(2)17(3)16-11)9-10-15(18)13-7-5-4-6-8-13/h7,15,18H,4-6,8-10H2,1-3H3. The molecule has 0 aromatic carbocycles. The van der Waals surface area contributed by atoms with Crippen molar-refractivity contribution in [3.8, 4) is 0 Å². The summed E-state index contributed by atoms with van der Waals surface area (Å²) in [6.45, 7) is 4.15. The first-order chi connectivity index (χ1) is 8.59. The maximum absolute atomic E-state index is 10.2. The van der Waals surface area contributed by atoms with Crippen LogP contribution in [0, 0.1) is 13.8 Å². The highest BCUT2D eigenvalue weighted by Gasteiger charge is 2.16. The van der Waals surface area contributed by atoms with E-state index in [0.717, 1.165) is 31.4 Å². The van der Waals surface area contributed by atoms with Crippen LogP contribution in [0.1, 0.15) is 49.1 Å². The molecule has 1 aromatic rings. The molecule has 0 fully saturated rings. The molecule has 1 aliphatic carbocycles. The van der Waals surface area contributed by atoms with Crippen molar-refractivity contribution in [1.82, 2.24) is 9.78 Å². The van der Waals surface area contributed by atoms with Crippen molar-refractivity contribution >= 4 is 0 Å². The van der Waals surface area contributed by atoms with Gasteiger partial charge in [0.1, 0.15) is 0 Å². The molecule has 1 unspecified atom stereocenters. The smallest absolute Gasteiger partial charge is 0.0753 e. The molecule has 0 bridgehead atoms. The van der Waals surface area contributed by atoms with Crippen LogP contribution in [0.25, 0.3) is 0 Å². The Balaban J connectivity index is 1.96. The Labute approximate surface area is 110 Å². The Hall–Kier alpha value is -1.09. The molecular weight excluding hydrogens is 224 g/mol. The minimum Gasteiger partial charge on any atom is -0.389 e. The van der Waals surface area contributed by atoms with Gasteiger partial charge in [0.25, 0.3) is 0 Å². The van der Waals surface area contributed by atoms with Gasteiger partial charge in [0.15, 0.2) is 0 Å². The van der Waals surface area contributed by atoms with Crippen molar-refractivity contribution in [1.29, 1.82) is 0 Å². The monoisotopic (exact) mass is 248 g/mol. The summed E-state index contributed by atoms with van der Waals surface area (Å²) in [6.07, 6.45) is 8.43. The lowest BCUT2D eigenvalue weighted by atomic mass is 9.92. The molecule has 0 aliphatic heterocycles. The summed E-state index contributed by atoms with van der Waals surface area (Å²) in [5.41, 5.74) is 4.87. The summed E-state index contributed by atoms with van der Waals surface area (Å²) in [6, 6.07) is 0. The highest BCUT2D eigenvalue weighted by atomic mass is 16.3. The topological polar surface area (TPSA) is 38.0 Å². The van der Waals surface area contributed by atoms with E-state index in [1.54, 1.807) is 0 Å². The molecule has 3 heteroatoms. The Kier molecular flexibility index (Phi) is 4.23. The van der Waals surface area contributed by atoms with Gasteiger partial charge in [0.2, 0.25) is 0 Å². The lowest BCUT2D eigenvalue weighted by Crippen LogP contribution is -2.14. The summed E-state index contributed by atoms with van der Waals surface area (Å²) < 4.78 is 1.93. The zero-order chi connectivity index (χ0) is 13.1. The third kappa shape index (κ3) is 2.83. The van der Waals surface area contributed by atoms with Crippen LogP contribution < -0.4 is 0 Å². The molecule has 1 N–H and O–H groups in total. The first-order valence-electron chi connectivity index (χ1n) is 6.95. The average molecular weight is 248 g/mol. The summed E-state index contributed by atoms with van der Waals surface area (Å²) in [7, 11) is 1.98. The molecule has 2 rings (SSSR count). The number of hydrogen-bond donors (Lipinski definition) is 1. The Morgan fingerprint density at radius 2 is 2.17 bits per heavy atom. The van der Waals surface area contributed by atoms with E-state index in [1.807, 2.05) is 11.7 Å². The molecular formula is C15H24N2O. The minimum absolute atomic E-state index is 0.260. The fourth-order valence-electron chi connectivity index (χ4n) is 2.81. The maximum Gasteiger partial charge on any atom is 0.0753 e. The molecule has 0 amide bonds. The minimum atomic E-state index is -0.260. The van der Waals surface area contributed by atoms with Crippen molar-refractivity contribution in [2.45, 2.75) is 58.5 Å². The van der Waals surface area contributed by atoms with Crippen LogP contribution in [0.15, 0.2) is 11.6 Å². The number of aliphatic hydroxyl groups excluding tert-OH is 1. The summed E-state index contributed by atoms with van der Waals surface area (Å²) in [5.74, 6) is 0. The molecule has 1 aliphatic rings. The van der Waals surface area contributed by atoms with E-state index in [1.165, 1.54) is 29.7 Å². The zero-order valence-corrected chi connectivity index (χ0v) is 11.7. The normalized spacial score (nSPS) is 17.7. The number of nitrogens with zero attached hydrogens (tertiary/aromatic N) is 2. The molecule has 1 aromatic heterocycles. The van der Waals surface area contributed by atoms with Crippen molar-refractivity contribution in [3.63, 3.8) is 0 Å². The van der Waals surface area contributed by atoms with E-state index in [-0.39, 0.29) is 6.10 Å². The van der Waals surface area contributed by atoms with E-state index in [4.69, 9.17) is 0 Å². The van der Waals surface area contributed by atoms with Crippen LogP contribution >= 0.6 is 0 Å². The van der Waals surface area contributed by atoms with E-state index >= 15 is 0 Å². The Morgan fingerprint density at radius 3 is 2.72 bits per heavy atom. The number of aliphatic hydroxyl groups is 1. The van der Waals surface area contributed by atoms with Crippen molar-refractivity contribution in [2.75, 3.05) is 0 Å². The average Bonchev–Trinajstić information content (AvgIpc) is 2.62. The second-order valence-electron chi connectivity index (χ2n) is 5.35. The van der Waals surface area contributed by atoms with E-state index in [0.29, 0.717) is 0 Å². The summed E-state index contributed by atoms with van der Waals surface area (Å²) >= 11 is 0. The molecule has 18 heavy (non-hydrogen) atoms. The van der Waals surface area contributed by atoms with E-state index in [9.17, 15) is 5.11 Å². The number of aryl methyl sites for hydroxylation is 2. The molecule has 0 radical (unpaired) electrons. The lowest BCUT2D eigenvalue weighted by Gasteiger charge is -2.18. The van der Waals surface area contributed by atoms with Gasteiger partial charge in [0, 0.05) is 12.7 Å². The molecule has 100 valence electrons. The third-order valence-electron chi connectivity index (χ3n) is 4.08. The number of allylic oxidation sites excluding steroid dienone is 1. The lowest BCUT2D eigenvalue weighted by molar-refractivity contribution is 0.194. The first-order valence-corrected chi connectivity index (χ1v) is 6.95. The number of hydrogen-bond acceptors (Lipinski definition) is 2. The van der Waals surface area contributed by atoms with Gasteiger partial charge in [-0.15, -0.1) is 0 Å². The zero-order valence-electron chi connectivity index (χ0n) is 11.7. The van der Waals surface area contributed by atoms with Gasteiger partial charge in [-0.05, 0) is 63.5 Å². The summed E-state index contributed by atoms with van der Waals surface area (Å²) in [5, 5.41) is 14.6. The highest BCUT2D eigenvalue weighted by Crippen LogP contribution is 2.23. The number of rotatable bonds is 4. The Bertz CT molecular complexity index is 446. The Morgan fingerprint density at radius 1 is 1.39 bits per heavy atom. The maximum atomic E-state index is 10.2. The number of aromatic nitrogens is 2. The fraction of sp³-hybridized carbons (Fsp3) is 0.667. The van der Waals surface area contributed by atoms with Gasteiger partial charge < -0.3 is 5.11 Å². The second-order valence-corrected chi connectivity index (χ2v) is 5.35. The molecule has 0 saturated heterocycles. The van der Waals surface area contributed by atoms with Crippen LogP contribution in [0.5, 0.6) is 0 Å². The van der Waals surface area contributed by atoms with Gasteiger partial charge in [-0.2, -0.15) is 5.10 Å². The second kappa shape index (κ2) is 5.70. The van der Waals surface area contributed by atoms with Crippen LogP contribution in [-0.4, -0.2) is 21.0 Å². The van der Waals surface area contributed by atoms with Crippen LogP contribution in [-0.2, 0) is 13.5 Å². The van der Waals surface area contributed by atoms with Gasteiger partial charge in [-0.1, -0.05) is 6.08 Å². The van der Waals surface area contributed by atoms with Gasteiger partial charge in [0.05, 0.1) is 11.8 Å². The summed E-state index contributed by atoms with van der Waals surface area (Å²) in [4.78, 5) is 0. The molecule has 0 saturated carbocycles. The molecule has 3 nitrogen and oxygen atoms in total. The van der Waals surface area contributed by atoms with Crippen LogP contribution in [0.3, 0.4) is 0 Å². The van der Waals surface area contributed by atoms with E-state index in [2.05, 4.69) is 25.0 Å². The first kappa shape index (κ1) is 13.3. The largest absolute Gasteiger partial charge is 0.389 e. The predicted molar refractivity (Wildman–Crippen MR) is 73.6 cm³/mol. The van der Waals surface area contributed by atoms with E-state index < -0.39 is 0 Å². The predicted octanol–water partition coefficient (Wildman–Crippen LogP) is 2.83. The molecule has 1 atom stereocenters. The van der Waals surface area contributed by atoms with Gasteiger partial charge >= 0.3 is 0 Å². The molecule has 1 heterocycles.